The zero-order valence-electron chi connectivity index (χ0n) is 17.5. The van der Waals surface area contributed by atoms with Gasteiger partial charge in [0.15, 0.2) is 0 Å². The second-order valence-electron chi connectivity index (χ2n) is 6.72. The fraction of sp³-hybridized carbons (Fsp3) is 0.300. The van der Waals surface area contributed by atoms with Gasteiger partial charge in [0.1, 0.15) is 6.04 Å². The maximum Gasteiger partial charge on any atom is 0.338 e. The highest BCUT2D eigenvalue weighted by Crippen LogP contribution is 2.27. The zero-order chi connectivity index (χ0) is 23.3. The first-order valence-electron chi connectivity index (χ1n) is 9.23. The summed E-state index contributed by atoms with van der Waals surface area (Å²) < 4.78 is 30.6. The van der Waals surface area contributed by atoms with Crippen LogP contribution in [0.4, 0.5) is 17.1 Å². The Bertz CT molecular complexity index is 1120. The summed E-state index contributed by atoms with van der Waals surface area (Å²) >= 11 is 0. The van der Waals surface area contributed by atoms with E-state index in [-0.39, 0.29) is 23.4 Å². The molecule has 0 saturated carbocycles. The van der Waals surface area contributed by atoms with Crippen molar-refractivity contribution in [3.05, 3.63) is 63.7 Å². The molecule has 31 heavy (non-hydrogen) atoms. The van der Waals surface area contributed by atoms with Crippen molar-refractivity contribution in [2.75, 3.05) is 23.0 Å². The SMILES string of the molecule is CC[C@H](C(=O)Nc1cccc(C(=O)OC)c1C)N(c1cccc([N+](=O)[O-])c1)S(C)(=O)=O. The molecule has 0 aliphatic carbocycles. The van der Waals surface area contributed by atoms with Gasteiger partial charge in [0.2, 0.25) is 15.9 Å². The standard InChI is InChI=1S/C20H23N3O7S/c1-5-18(19(24)21-17-11-7-10-16(13(17)2)20(25)30-3)22(31(4,28)29)14-8-6-9-15(12-14)23(26)27/h6-12,18H,5H2,1-4H3,(H,21,24)/t18-/m1/s1. The minimum atomic E-state index is -3.97. The summed E-state index contributed by atoms with van der Waals surface area (Å²) in [5.74, 6) is -1.22. The van der Waals surface area contributed by atoms with Gasteiger partial charge in [0.25, 0.3) is 5.69 Å². The van der Waals surface area contributed by atoms with Crippen molar-refractivity contribution >= 4 is 39.0 Å². The molecule has 2 aromatic rings. The van der Waals surface area contributed by atoms with Crippen LogP contribution in [0.2, 0.25) is 0 Å². The first kappa shape index (κ1) is 23.8. The molecule has 0 aromatic heterocycles. The first-order chi connectivity index (χ1) is 14.5. The van der Waals surface area contributed by atoms with E-state index in [9.17, 15) is 28.1 Å². The molecule has 0 saturated heterocycles. The quantitative estimate of drug-likeness (QED) is 0.372. The van der Waals surface area contributed by atoms with Gasteiger partial charge in [-0.3, -0.25) is 19.2 Å². The summed E-state index contributed by atoms with van der Waals surface area (Å²) in [7, 11) is -2.73. The highest BCUT2D eigenvalue weighted by molar-refractivity contribution is 7.92. The van der Waals surface area contributed by atoms with E-state index in [1.165, 1.54) is 25.3 Å². The number of non-ortho nitro benzene ring substituents is 1. The molecule has 11 heteroatoms. The topological polar surface area (TPSA) is 136 Å². The van der Waals surface area contributed by atoms with Gasteiger partial charge in [0.05, 0.1) is 29.5 Å². The number of sulfonamides is 1. The third-order valence-corrected chi connectivity index (χ3v) is 5.80. The number of carbonyl (C=O) groups excluding carboxylic acids is 2. The largest absolute Gasteiger partial charge is 0.465 e. The zero-order valence-corrected chi connectivity index (χ0v) is 18.3. The second-order valence-corrected chi connectivity index (χ2v) is 8.58. The van der Waals surface area contributed by atoms with Crippen LogP contribution in [-0.4, -0.2) is 44.6 Å². The van der Waals surface area contributed by atoms with E-state index < -0.39 is 32.9 Å². The van der Waals surface area contributed by atoms with Crippen LogP contribution in [0.15, 0.2) is 42.5 Å². The number of anilines is 2. The van der Waals surface area contributed by atoms with Gasteiger partial charge in [0, 0.05) is 17.8 Å². The second kappa shape index (κ2) is 9.56. The van der Waals surface area contributed by atoms with E-state index in [1.54, 1.807) is 32.0 Å². The summed E-state index contributed by atoms with van der Waals surface area (Å²) in [6.45, 7) is 3.25. The predicted octanol–water partition coefficient (Wildman–Crippen LogP) is 2.87. The van der Waals surface area contributed by atoms with Crippen LogP contribution in [0.25, 0.3) is 0 Å². The molecule has 166 valence electrons. The Balaban J connectivity index is 2.46. The lowest BCUT2D eigenvalue weighted by Gasteiger charge is -2.30. The minimum Gasteiger partial charge on any atom is -0.465 e. The Kier molecular flexibility index (Phi) is 7.34. The van der Waals surface area contributed by atoms with E-state index in [1.807, 2.05) is 0 Å². The Hall–Kier alpha value is -3.47. The van der Waals surface area contributed by atoms with Crippen molar-refractivity contribution in [2.24, 2.45) is 0 Å². The Labute approximate surface area is 180 Å². The van der Waals surface area contributed by atoms with Crippen molar-refractivity contribution < 1.29 is 27.7 Å². The van der Waals surface area contributed by atoms with Crippen molar-refractivity contribution in [1.82, 2.24) is 0 Å². The van der Waals surface area contributed by atoms with Gasteiger partial charge in [-0.15, -0.1) is 0 Å². The number of nitrogens with zero attached hydrogens (tertiary/aromatic N) is 2. The molecule has 0 spiro atoms. The lowest BCUT2D eigenvalue weighted by Crippen LogP contribution is -2.47. The molecule has 2 aromatic carbocycles. The number of hydrogen-bond donors (Lipinski definition) is 1. The molecular weight excluding hydrogens is 426 g/mol. The Morgan fingerprint density at radius 2 is 1.87 bits per heavy atom. The summed E-state index contributed by atoms with van der Waals surface area (Å²) in [5.41, 5.74) is 0.728. The summed E-state index contributed by atoms with van der Waals surface area (Å²) in [5, 5.41) is 13.8. The molecule has 0 fully saturated rings. The average Bonchev–Trinajstić information content (AvgIpc) is 2.71. The van der Waals surface area contributed by atoms with Gasteiger partial charge in [-0.05, 0) is 37.1 Å². The van der Waals surface area contributed by atoms with Crippen LogP contribution < -0.4 is 9.62 Å². The van der Waals surface area contributed by atoms with E-state index in [0.29, 0.717) is 11.3 Å². The van der Waals surface area contributed by atoms with Crippen molar-refractivity contribution in [2.45, 2.75) is 26.3 Å². The number of rotatable bonds is 8. The number of ether oxygens (including phenoxy) is 1. The molecule has 0 bridgehead atoms. The molecule has 1 atom stereocenters. The number of nitro benzene ring substituents is 1. The maximum absolute atomic E-state index is 13.1. The molecule has 0 unspecified atom stereocenters. The lowest BCUT2D eigenvalue weighted by molar-refractivity contribution is -0.384. The summed E-state index contributed by atoms with van der Waals surface area (Å²) in [6.07, 6.45) is 1.02. The normalized spacial score (nSPS) is 12.0. The molecule has 10 nitrogen and oxygen atoms in total. The van der Waals surface area contributed by atoms with Crippen LogP contribution in [0.5, 0.6) is 0 Å². The number of esters is 1. The lowest BCUT2D eigenvalue weighted by atomic mass is 10.1. The fourth-order valence-electron chi connectivity index (χ4n) is 3.12. The first-order valence-corrected chi connectivity index (χ1v) is 11.1. The third kappa shape index (κ3) is 5.37. The van der Waals surface area contributed by atoms with Crippen LogP contribution in [0.1, 0.15) is 29.3 Å². The Morgan fingerprint density at radius 1 is 1.23 bits per heavy atom. The van der Waals surface area contributed by atoms with Gasteiger partial charge < -0.3 is 10.1 Å². The number of benzene rings is 2. The van der Waals surface area contributed by atoms with E-state index >= 15 is 0 Å². The van der Waals surface area contributed by atoms with Crippen molar-refractivity contribution in [3.63, 3.8) is 0 Å². The molecule has 1 N–H and O–H groups in total. The molecule has 0 heterocycles. The van der Waals surface area contributed by atoms with Crippen LogP contribution in [0, 0.1) is 17.0 Å². The molecule has 0 aliphatic rings. The third-order valence-electron chi connectivity index (χ3n) is 4.62. The number of nitrogens with one attached hydrogen (secondary N) is 1. The van der Waals surface area contributed by atoms with E-state index in [0.717, 1.165) is 16.6 Å². The fourth-order valence-corrected chi connectivity index (χ4v) is 4.33. The van der Waals surface area contributed by atoms with Crippen LogP contribution >= 0.6 is 0 Å². The molecule has 1 amide bonds. The van der Waals surface area contributed by atoms with Gasteiger partial charge in [-0.2, -0.15) is 0 Å². The summed E-state index contributed by atoms with van der Waals surface area (Å²) in [4.78, 5) is 35.4. The van der Waals surface area contributed by atoms with E-state index in [4.69, 9.17) is 4.74 Å². The minimum absolute atomic E-state index is 0.00117. The van der Waals surface area contributed by atoms with Crippen molar-refractivity contribution in [3.8, 4) is 0 Å². The molecule has 2 rings (SSSR count). The smallest absolute Gasteiger partial charge is 0.338 e. The van der Waals surface area contributed by atoms with Gasteiger partial charge in [-0.1, -0.05) is 19.1 Å². The Morgan fingerprint density at radius 3 is 2.42 bits per heavy atom. The van der Waals surface area contributed by atoms with Crippen LogP contribution in [-0.2, 0) is 19.6 Å². The number of carbonyl (C=O) groups is 2. The molecule has 0 radical (unpaired) electrons. The number of hydrogen-bond acceptors (Lipinski definition) is 7. The average molecular weight is 449 g/mol. The van der Waals surface area contributed by atoms with Crippen LogP contribution in [0.3, 0.4) is 0 Å². The number of nitro groups is 1. The number of amides is 1. The van der Waals surface area contributed by atoms with E-state index in [2.05, 4.69) is 5.32 Å². The number of methoxy groups -OCH3 is 1. The summed E-state index contributed by atoms with van der Waals surface area (Å²) in [6, 6.07) is 8.55. The van der Waals surface area contributed by atoms with Gasteiger partial charge >= 0.3 is 5.97 Å². The monoisotopic (exact) mass is 449 g/mol. The maximum atomic E-state index is 13.1. The molecular formula is C20H23N3O7S. The van der Waals surface area contributed by atoms with Crippen molar-refractivity contribution in [1.29, 1.82) is 0 Å². The highest BCUT2D eigenvalue weighted by Gasteiger charge is 2.32. The predicted molar refractivity (Wildman–Crippen MR) is 116 cm³/mol. The van der Waals surface area contributed by atoms with Gasteiger partial charge in [-0.25, -0.2) is 13.2 Å². The highest BCUT2D eigenvalue weighted by atomic mass is 32.2. The molecule has 0 aliphatic heterocycles.